The number of thiol groups is 1. The van der Waals surface area contributed by atoms with Gasteiger partial charge in [0.2, 0.25) is 10.0 Å². The molecule has 3 nitrogen and oxygen atoms in total. The zero-order chi connectivity index (χ0) is 17.3. The minimum absolute atomic E-state index is 0.516. The van der Waals surface area contributed by atoms with Crippen molar-refractivity contribution in [2.24, 2.45) is 5.14 Å². The summed E-state index contributed by atoms with van der Waals surface area (Å²) in [6.45, 7) is 0. The largest absolute Gasteiger partial charge is 0.240 e. The Bertz CT molecular complexity index is 1000. The smallest absolute Gasteiger partial charge is 0.225 e. The van der Waals surface area contributed by atoms with Gasteiger partial charge in [-0.3, -0.25) is 0 Å². The highest BCUT2D eigenvalue weighted by Gasteiger charge is 2.15. The minimum Gasteiger partial charge on any atom is -0.225 e. The van der Waals surface area contributed by atoms with Gasteiger partial charge in [0.1, 0.15) is 10.7 Å². The van der Waals surface area contributed by atoms with E-state index in [4.69, 9.17) is 5.14 Å². The van der Waals surface area contributed by atoms with Crippen molar-refractivity contribution < 1.29 is 12.8 Å². The Morgan fingerprint density at radius 1 is 0.833 bits per heavy atom. The lowest BCUT2D eigenvalue weighted by atomic mass is 10.00. The van der Waals surface area contributed by atoms with Crippen molar-refractivity contribution in [2.75, 3.05) is 0 Å². The number of hydrogen-bond acceptors (Lipinski definition) is 3. The molecule has 0 saturated heterocycles. The molecule has 0 unspecified atom stereocenters. The van der Waals surface area contributed by atoms with Gasteiger partial charge in [-0.2, -0.15) is 0 Å². The van der Waals surface area contributed by atoms with Crippen LogP contribution in [0.15, 0.2) is 76.5 Å². The quantitative estimate of drug-likeness (QED) is 0.692. The Labute approximate surface area is 145 Å². The Morgan fingerprint density at radius 2 is 1.46 bits per heavy atom. The first kappa shape index (κ1) is 16.7. The van der Waals surface area contributed by atoms with E-state index in [0.717, 1.165) is 27.7 Å². The van der Waals surface area contributed by atoms with Gasteiger partial charge >= 0.3 is 0 Å². The molecule has 0 aliphatic heterocycles. The zero-order valence-electron chi connectivity index (χ0n) is 12.5. The third kappa shape index (κ3) is 3.36. The van der Waals surface area contributed by atoms with Crippen LogP contribution >= 0.6 is 12.6 Å². The molecule has 0 bridgehead atoms. The van der Waals surface area contributed by atoms with Gasteiger partial charge in [0, 0.05) is 4.90 Å². The summed E-state index contributed by atoms with van der Waals surface area (Å²) < 4.78 is 36.6. The second kappa shape index (κ2) is 6.39. The first-order valence-corrected chi connectivity index (χ1v) is 9.07. The van der Waals surface area contributed by atoms with Gasteiger partial charge in [-0.25, -0.2) is 17.9 Å². The Balaban J connectivity index is 2.03. The highest BCUT2D eigenvalue weighted by Crippen LogP contribution is 2.32. The monoisotopic (exact) mass is 359 g/mol. The van der Waals surface area contributed by atoms with Crippen LogP contribution in [-0.2, 0) is 10.0 Å². The SMILES string of the molecule is NS(=O)(=O)c1ccc(-c2ccc(-c3ccccc3)c(S)c2)cc1F. The van der Waals surface area contributed by atoms with E-state index in [1.165, 1.54) is 12.1 Å². The molecule has 0 aliphatic rings. The Hall–Kier alpha value is -2.15. The number of nitrogens with two attached hydrogens (primary N) is 1. The number of halogens is 1. The summed E-state index contributed by atoms with van der Waals surface area (Å²) in [6, 6.07) is 19.2. The second-order valence-electron chi connectivity index (χ2n) is 5.29. The molecule has 0 atom stereocenters. The highest BCUT2D eigenvalue weighted by molar-refractivity contribution is 7.89. The Morgan fingerprint density at radius 3 is 2.04 bits per heavy atom. The molecule has 0 spiro atoms. The van der Waals surface area contributed by atoms with Crippen LogP contribution in [0.1, 0.15) is 0 Å². The van der Waals surface area contributed by atoms with E-state index in [1.54, 1.807) is 0 Å². The third-order valence-electron chi connectivity index (χ3n) is 3.65. The summed E-state index contributed by atoms with van der Waals surface area (Å²) in [7, 11) is -4.07. The van der Waals surface area contributed by atoms with Crippen LogP contribution in [0.5, 0.6) is 0 Å². The molecule has 6 heteroatoms. The van der Waals surface area contributed by atoms with Crippen molar-refractivity contribution in [1.29, 1.82) is 0 Å². The topological polar surface area (TPSA) is 60.2 Å². The molecule has 0 fully saturated rings. The lowest BCUT2D eigenvalue weighted by molar-refractivity contribution is 0.568. The molecule has 0 radical (unpaired) electrons. The highest BCUT2D eigenvalue weighted by atomic mass is 32.2. The molecule has 2 N–H and O–H groups in total. The van der Waals surface area contributed by atoms with E-state index in [-0.39, 0.29) is 0 Å². The first-order valence-electron chi connectivity index (χ1n) is 7.07. The zero-order valence-corrected chi connectivity index (χ0v) is 14.2. The fourth-order valence-corrected chi connectivity index (χ4v) is 3.42. The molecule has 0 heterocycles. The number of hydrogen-bond donors (Lipinski definition) is 2. The molecule has 24 heavy (non-hydrogen) atoms. The summed E-state index contributed by atoms with van der Waals surface area (Å²) in [5.74, 6) is -0.872. The first-order chi connectivity index (χ1) is 11.4. The van der Waals surface area contributed by atoms with E-state index in [2.05, 4.69) is 12.6 Å². The van der Waals surface area contributed by atoms with Gasteiger partial charge in [-0.1, -0.05) is 48.5 Å². The van der Waals surface area contributed by atoms with E-state index >= 15 is 0 Å². The van der Waals surface area contributed by atoms with Crippen molar-refractivity contribution in [3.63, 3.8) is 0 Å². The van der Waals surface area contributed by atoms with Crippen LogP contribution < -0.4 is 5.14 Å². The fraction of sp³-hybridized carbons (Fsp3) is 0. The van der Waals surface area contributed by atoms with Crippen LogP contribution in [0.2, 0.25) is 0 Å². The molecule has 0 aliphatic carbocycles. The fourth-order valence-electron chi connectivity index (χ4n) is 2.48. The molecule has 0 aromatic heterocycles. The molecule has 0 saturated carbocycles. The van der Waals surface area contributed by atoms with Gasteiger partial charge in [0.25, 0.3) is 0 Å². The van der Waals surface area contributed by atoms with Gasteiger partial charge < -0.3 is 0 Å². The maximum Gasteiger partial charge on any atom is 0.240 e. The van der Waals surface area contributed by atoms with E-state index in [1.807, 2.05) is 48.5 Å². The van der Waals surface area contributed by atoms with Crippen LogP contribution in [-0.4, -0.2) is 8.42 Å². The van der Waals surface area contributed by atoms with Crippen LogP contribution in [0.3, 0.4) is 0 Å². The van der Waals surface area contributed by atoms with Gasteiger partial charge in [0.05, 0.1) is 0 Å². The van der Waals surface area contributed by atoms with Crippen LogP contribution in [0.4, 0.5) is 4.39 Å². The second-order valence-corrected chi connectivity index (χ2v) is 7.30. The number of benzene rings is 3. The van der Waals surface area contributed by atoms with Gasteiger partial charge in [0.15, 0.2) is 0 Å². The van der Waals surface area contributed by atoms with Gasteiger partial charge in [-0.15, -0.1) is 12.6 Å². The number of rotatable bonds is 3. The van der Waals surface area contributed by atoms with Crippen molar-refractivity contribution in [3.8, 4) is 22.3 Å². The lowest BCUT2D eigenvalue weighted by Crippen LogP contribution is -2.13. The minimum atomic E-state index is -4.07. The molecule has 3 rings (SSSR count). The Kier molecular flexibility index (Phi) is 4.45. The molecule has 3 aromatic carbocycles. The maximum absolute atomic E-state index is 14.0. The van der Waals surface area contributed by atoms with Crippen LogP contribution in [0, 0.1) is 5.82 Å². The molecule has 122 valence electrons. The van der Waals surface area contributed by atoms with E-state index < -0.39 is 20.7 Å². The van der Waals surface area contributed by atoms with E-state index in [9.17, 15) is 12.8 Å². The van der Waals surface area contributed by atoms with Gasteiger partial charge in [-0.05, 0) is 40.5 Å². The summed E-state index contributed by atoms with van der Waals surface area (Å²) in [6.07, 6.45) is 0. The average Bonchev–Trinajstić information content (AvgIpc) is 2.54. The summed E-state index contributed by atoms with van der Waals surface area (Å²) in [4.78, 5) is 0.230. The molecular weight excluding hydrogens is 345 g/mol. The molecular formula is C18H14FNO2S2. The predicted molar refractivity (Wildman–Crippen MR) is 95.9 cm³/mol. The summed E-state index contributed by atoms with van der Waals surface area (Å²) in [5.41, 5.74) is 3.28. The normalized spacial score (nSPS) is 11.5. The predicted octanol–water partition coefficient (Wildman–Crippen LogP) is 4.10. The van der Waals surface area contributed by atoms with Crippen molar-refractivity contribution in [1.82, 2.24) is 0 Å². The molecule has 3 aromatic rings. The third-order valence-corrected chi connectivity index (χ3v) is 4.97. The number of primary sulfonamides is 1. The maximum atomic E-state index is 14.0. The van der Waals surface area contributed by atoms with Crippen molar-refractivity contribution >= 4 is 22.7 Å². The summed E-state index contributed by atoms with van der Waals surface area (Å²) in [5, 5.41) is 4.97. The number of sulfonamides is 1. The van der Waals surface area contributed by atoms with E-state index in [0.29, 0.717) is 5.56 Å². The average molecular weight is 359 g/mol. The van der Waals surface area contributed by atoms with Crippen molar-refractivity contribution in [3.05, 3.63) is 72.5 Å². The van der Waals surface area contributed by atoms with Crippen molar-refractivity contribution in [2.45, 2.75) is 9.79 Å². The standard InChI is InChI=1S/C18H14FNO2S2/c19-16-10-13(7-9-18(16)24(20,21)22)14-6-8-15(17(23)11-14)12-4-2-1-3-5-12/h1-11,23H,(H2,20,21,22). The lowest BCUT2D eigenvalue weighted by Gasteiger charge is -2.09. The summed E-state index contributed by atoms with van der Waals surface area (Å²) >= 11 is 4.51. The molecule has 0 amide bonds. The van der Waals surface area contributed by atoms with Crippen LogP contribution in [0.25, 0.3) is 22.3 Å².